The highest BCUT2D eigenvalue weighted by Gasteiger charge is 2.11. The van der Waals surface area contributed by atoms with E-state index in [1.807, 2.05) is 24.3 Å². The number of benzene rings is 1. The number of methoxy groups -OCH3 is 1. The van der Waals surface area contributed by atoms with Crippen molar-refractivity contribution >= 4 is 28.3 Å². The number of ether oxygens (including phenoxy) is 1. The molecule has 106 valence electrons. The lowest BCUT2D eigenvalue weighted by Crippen LogP contribution is -2.25. The first-order chi connectivity index (χ1) is 9.74. The Kier molecular flexibility index (Phi) is 5.32. The van der Waals surface area contributed by atoms with Gasteiger partial charge in [0.2, 0.25) is 0 Å². The average Bonchev–Trinajstić information content (AvgIpc) is 2.47. The van der Waals surface area contributed by atoms with Gasteiger partial charge in [0.15, 0.2) is 0 Å². The van der Waals surface area contributed by atoms with E-state index in [0.717, 1.165) is 23.6 Å². The van der Waals surface area contributed by atoms with Gasteiger partial charge in [-0.2, -0.15) is 0 Å². The van der Waals surface area contributed by atoms with Crippen molar-refractivity contribution in [3.8, 4) is 0 Å². The summed E-state index contributed by atoms with van der Waals surface area (Å²) >= 11 is 6.04. The molecule has 2 aromatic rings. The monoisotopic (exact) mass is 292 g/mol. The molecule has 0 atom stereocenters. The predicted octanol–water partition coefficient (Wildman–Crippen LogP) is 3.04. The molecule has 4 nitrogen and oxygen atoms in total. The number of nitrogens with zero attached hydrogens (tertiary/aromatic N) is 1. The summed E-state index contributed by atoms with van der Waals surface area (Å²) in [5.41, 5.74) is 0.553. The van der Waals surface area contributed by atoms with Crippen LogP contribution in [0.15, 0.2) is 30.5 Å². The fourth-order valence-corrected chi connectivity index (χ4v) is 2.22. The fraction of sp³-hybridized carbons (Fsp3) is 0.333. The molecule has 5 heteroatoms. The van der Waals surface area contributed by atoms with E-state index in [-0.39, 0.29) is 5.91 Å². The summed E-state index contributed by atoms with van der Waals surface area (Å²) in [6, 6.07) is 7.50. The molecule has 0 saturated heterocycles. The van der Waals surface area contributed by atoms with Crippen LogP contribution in [0.5, 0.6) is 0 Å². The van der Waals surface area contributed by atoms with Crippen LogP contribution in [0.2, 0.25) is 5.15 Å². The smallest absolute Gasteiger partial charge is 0.253 e. The number of amides is 1. The molecule has 0 aliphatic heterocycles. The van der Waals surface area contributed by atoms with E-state index < -0.39 is 0 Å². The van der Waals surface area contributed by atoms with Crippen molar-refractivity contribution in [3.63, 3.8) is 0 Å². The van der Waals surface area contributed by atoms with Crippen LogP contribution in [-0.2, 0) is 4.74 Å². The van der Waals surface area contributed by atoms with Gasteiger partial charge < -0.3 is 10.1 Å². The third-order valence-corrected chi connectivity index (χ3v) is 3.35. The molecular formula is C15H17ClN2O2. The van der Waals surface area contributed by atoms with E-state index in [1.165, 1.54) is 6.20 Å². The van der Waals surface area contributed by atoms with Gasteiger partial charge in [-0.1, -0.05) is 35.9 Å². The van der Waals surface area contributed by atoms with Crippen LogP contribution in [0.25, 0.3) is 10.8 Å². The summed E-state index contributed by atoms with van der Waals surface area (Å²) < 4.78 is 4.97. The normalized spacial score (nSPS) is 10.7. The molecule has 2 rings (SSSR count). The average molecular weight is 293 g/mol. The third kappa shape index (κ3) is 3.46. The molecule has 0 radical (unpaired) electrons. The van der Waals surface area contributed by atoms with Crippen molar-refractivity contribution in [3.05, 3.63) is 41.2 Å². The maximum Gasteiger partial charge on any atom is 0.253 e. The van der Waals surface area contributed by atoms with E-state index in [2.05, 4.69) is 10.3 Å². The molecule has 1 N–H and O–H groups in total. The molecule has 0 saturated carbocycles. The van der Waals surface area contributed by atoms with Crippen molar-refractivity contribution in [2.24, 2.45) is 0 Å². The van der Waals surface area contributed by atoms with Crippen LogP contribution in [0.1, 0.15) is 23.2 Å². The van der Waals surface area contributed by atoms with Gasteiger partial charge in [0.25, 0.3) is 5.91 Å². The number of nitrogens with one attached hydrogen (secondary N) is 1. The second-order valence-electron chi connectivity index (χ2n) is 4.46. The van der Waals surface area contributed by atoms with E-state index in [9.17, 15) is 4.79 Å². The number of fused-ring (bicyclic) bond motifs is 1. The minimum Gasteiger partial charge on any atom is -0.385 e. The second-order valence-corrected chi connectivity index (χ2v) is 4.82. The molecule has 0 spiro atoms. The standard InChI is InChI=1S/C15H17ClN2O2/c1-20-9-5-4-8-17-15(19)13-10-18-14(16)12-7-3-2-6-11(12)13/h2-3,6-7,10H,4-5,8-9H2,1H3,(H,17,19). The first-order valence-corrected chi connectivity index (χ1v) is 6.92. The SMILES string of the molecule is COCCCCNC(=O)c1cnc(Cl)c2ccccc12. The molecule has 0 unspecified atom stereocenters. The van der Waals surface area contributed by atoms with Gasteiger partial charge in [0.05, 0.1) is 5.56 Å². The van der Waals surface area contributed by atoms with E-state index in [0.29, 0.717) is 23.9 Å². The largest absolute Gasteiger partial charge is 0.385 e. The maximum atomic E-state index is 12.2. The summed E-state index contributed by atoms with van der Waals surface area (Å²) in [4.78, 5) is 16.2. The van der Waals surface area contributed by atoms with Gasteiger partial charge in [0, 0.05) is 31.8 Å². The molecule has 0 aliphatic carbocycles. The minimum atomic E-state index is -0.122. The zero-order chi connectivity index (χ0) is 14.4. The van der Waals surface area contributed by atoms with Crippen LogP contribution in [0, 0.1) is 0 Å². The molecule has 20 heavy (non-hydrogen) atoms. The number of pyridine rings is 1. The van der Waals surface area contributed by atoms with Gasteiger partial charge in [-0.15, -0.1) is 0 Å². The van der Waals surface area contributed by atoms with Crippen molar-refractivity contribution in [1.29, 1.82) is 0 Å². The van der Waals surface area contributed by atoms with Crippen LogP contribution < -0.4 is 5.32 Å². The summed E-state index contributed by atoms with van der Waals surface area (Å²) in [6.07, 6.45) is 3.34. The van der Waals surface area contributed by atoms with E-state index in [1.54, 1.807) is 7.11 Å². The first kappa shape index (κ1) is 14.8. The lowest BCUT2D eigenvalue weighted by Gasteiger charge is -2.08. The summed E-state index contributed by atoms with van der Waals surface area (Å²) in [6.45, 7) is 1.33. The van der Waals surface area contributed by atoms with Gasteiger partial charge in [-0.05, 0) is 18.2 Å². The van der Waals surface area contributed by atoms with Crippen LogP contribution in [-0.4, -0.2) is 31.2 Å². The lowest BCUT2D eigenvalue weighted by atomic mass is 10.1. The number of aromatic nitrogens is 1. The Bertz CT molecular complexity index is 601. The highest BCUT2D eigenvalue weighted by Crippen LogP contribution is 2.23. The molecule has 1 amide bonds. The van der Waals surface area contributed by atoms with Gasteiger partial charge >= 0.3 is 0 Å². The first-order valence-electron chi connectivity index (χ1n) is 6.54. The van der Waals surface area contributed by atoms with Gasteiger partial charge in [-0.25, -0.2) is 4.98 Å². The summed E-state index contributed by atoms with van der Waals surface area (Å²) in [5, 5.41) is 4.92. The number of carbonyl (C=O) groups excluding carboxylic acids is 1. The van der Waals surface area contributed by atoms with Crippen molar-refractivity contribution in [2.45, 2.75) is 12.8 Å². The highest BCUT2D eigenvalue weighted by atomic mass is 35.5. The summed E-state index contributed by atoms with van der Waals surface area (Å²) in [5.74, 6) is -0.122. The Labute approximate surface area is 123 Å². The van der Waals surface area contributed by atoms with Crippen LogP contribution in [0.4, 0.5) is 0 Å². The second kappa shape index (κ2) is 7.22. The Morgan fingerprint density at radius 1 is 1.30 bits per heavy atom. The fourth-order valence-electron chi connectivity index (χ4n) is 2.01. The quantitative estimate of drug-likeness (QED) is 0.658. The van der Waals surface area contributed by atoms with E-state index in [4.69, 9.17) is 16.3 Å². The topological polar surface area (TPSA) is 51.2 Å². The van der Waals surface area contributed by atoms with Gasteiger partial charge in [0.1, 0.15) is 5.15 Å². The molecular weight excluding hydrogens is 276 g/mol. The zero-order valence-corrected chi connectivity index (χ0v) is 12.1. The van der Waals surface area contributed by atoms with Crippen molar-refractivity contribution < 1.29 is 9.53 Å². The Balaban J connectivity index is 2.09. The number of rotatable bonds is 6. The lowest BCUT2D eigenvalue weighted by molar-refractivity contribution is 0.0952. The van der Waals surface area contributed by atoms with Crippen molar-refractivity contribution in [2.75, 3.05) is 20.3 Å². The molecule has 0 fully saturated rings. The molecule has 1 heterocycles. The third-order valence-electron chi connectivity index (χ3n) is 3.05. The molecule has 1 aromatic carbocycles. The van der Waals surface area contributed by atoms with Crippen LogP contribution >= 0.6 is 11.6 Å². The Hall–Kier alpha value is -1.65. The van der Waals surface area contributed by atoms with E-state index >= 15 is 0 Å². The van der Waals surface area contributed by atoms with Crippen molar-refractivity contribution in [1.82, 2.24) is 10.3 Å². The Morgan fingerprint density at radius 3 is 2.80 bits per heavy atom. The number of hydrogen-bond acceptors (Lipinski definition) is 3. The zero-order valence-electron chi connectivity index (χ0n) is 11.4. The molecule has 0 aliphatic rings. The Morgan fingerprint density at radius 2 is 2.05 bits per heavy atom. The summed E-state index contributed by atoms with van der Waals surface area (Å²) in [7, 11) is 1.67. The molecule has 0 bridgehead atoms. The van der Waals surface area contributed by atoms with Crippen LogP contribution in [0.3, 0.4) is 0 Å². The number of halogens is 1. The number of carbonyl (C=O) groups is 1. The number of unbranched alkanes of at least 4 members (excludes halogenated alkanes) is 1. The number of hydrogen-bond donors (Lipinski definition) is 1. The predicted molar refractivity (Wildman–Crippen MR) is 80.2 cm³/mol. The van der Waals surface area contributed by atoms with Gasteiger partial charge in [-0.3, -0.25) is 4.79 Å². The highest BCUT2D eigenvalue weighted by molar-refractivity contribution is 6.34. The minimum absolute atomic E-state index is 0.122. The maximum absolute atomic E-state index is 12.2. The molecule has 1 aromatic heterocycles.